The summed E-state index contributed by atoms with van der Waals surface area (Å²) in [4.78, 5) is 12.5. The number of hydrogen-bond donors (Lipinski definition) is 0. The lowest BCUT2D eigenvalue weighted by molar-refractivity contribution is 0.0874. The molecule has 1 heterocycles. The molecule has 0 amide bonds. The third-order valence-corrected chi connectivity index (χ3v) is 4.07. The summed E-state index contributed by atoms with van der Waals surface area (Å²) in [5, 5.41) is 0. The number of rotatable bonds is 4. The predicted molar refractivity (Wildman–Crippen MR) is 75.1 cm³/mol. The highest BCUT2D eigenvalue weighted by atomic mass is 79.9. The summed E-state index contributed by atoms with van der Waals surface area (Å²) in [7, 11) is 3.12. The number of carbonyl (C=O) groups excluding carboxylic acids is 1. The van der Waals surface area contributed by atoms with Crippen LogP contribution >= 0.6 is 15.9 Å². The van der Waals surface area contributed by atoms with Crippen molar-refractivity contribution in [1.29, 1.82) is 0 Å². The molecular formula is C14H17BrO4. The van der Waals surface area contributed by atoms with Crippen LogP contribution < -0.4 is 9.47 Å². The molecule has 1 fully saturated rings. The standard InChI is InChI=1S/C14H17BrO4/c1-8-6-9(7-19-8)13(16)10-4-5-11(17-2)12(15)14(10)18-3/h4-5,8-9H,6-7H2,1-3H3. The van der Waals surface area contributed by atoms with Gasteiger partial charge >= 0.3 is 0 Å². The highest BCUT2D eigenvalue weighted by Gasteiger charge is 2.31. The summed E-state index contributed by atoms with van der Waals surface area (Å²) in [6.07, 6.45) is 0.896. The van der Waals surface area contributed by atoms with E-state index in [-0.39, 0.29) is 17.8 Å². The van der Waals surface area contributed by atoms with E-state index < -0.39 is 0 Å². The van der Waals surface area contributed by atoms with Gasteiger partial charge in [0.25, 0.3) is 0 Å². The molecule has 0 saturated carbocycles. The first-order valence-corrected chi connectivity index (χ1v) is 6.94. The third kappa shape index (κ3) is 2.77. The summed E-state index contributed by atoms with van der Waals surface area (Å²) < 4.78 is 16.7. The van der Waals surface area contributed by atoms with Crippen LogP contribution in [0.3, 0.4) is 0 Å². The van der Waals surface area contributed by atoms with Crippen LogP contribution in [0.2, 0.25) is 0 Å². The summed E-state index contributed by atoms with van der Waals surface area (Å²) >= 11 is 3.41. The van der Waals surface area contributed by atoms with Crippen molar-refractivity contribution in [3.05, 3.63) is 22.2 Å². The number of carbonyl (C=O) groups is 1. The minimum Gasteiger partial charge on any atom is -0.495 e. The Hall–Kier alpha value is -1.07. The van der Waals surface area contributed by atoms with Gasteiger partial charge in [0.2, 0.25) is 0 Å². The third-order valence-electron chi connectivity index (χ3n) is 3.32. The Morgan fingerprint density at radius 2 is 2.11 bits per heavy atom. The second-order valence-corrected chi connectivity index (χ2v) is 5.40. The van der Waals surface area contributed by atoms with Gasteiger partial charge in [0.1, 0.15) is 16.0 Å². The summed E-state index contributed by atoms with van der Waals surface area (Å²) in [5.41, 5.74) is 0.567. The van der Waals surface area contributed by atoms with E-state index >= 15 is 0 Å². The Bertz CT molecular complexity index is 487. The Balaban J connectivity index is 2.34. The molecule has 104 valence electrons. The highest BCUT2D eigenvalue weighted by Crippen LogP contribution is 2.39. The van der Waals surface area contributed by atoms with E-state index in [0.717, 1.165) is 6.42 Å². The van der Waals surface area contributed by atoms with Crippen molar-refractivity contribution in [3.8, 4) is 11.5 Å². The zero-order chi connectivity index (χ0) is 14.0. The summed E-state index contributed by atoms with van der Waals surface area (Å²) in [5.74, 6) is 1.13. The molecule has 0 aromatic heterocycles. The molecule has 0 radical (unpaired) electrons. The van der Waals surface area contributed by atoms with Crippen LogP contribution in [0.1, 0.15) is 23.7 Å². The molecule has 0 bridgehead atoms. The Kier molecular flexibility index (Phi) is 4.47. The number of ether oxygens (including phenoxy) is 3. The SMILES string of the molecule is COc1ccc(C(=O)C2COC(C)C2)c(OC)c1Br. The fourth-order valence-corrected chi connectivity index (χ4v) is 2.98. The van der Waals surface area contributed by atoms with Gasteiger partial charge in [-0.05, 0) is 41.4 Å². The van der Waals surface area contributed by atoms with Gasteiger partial charge in [-0.15, -0.1) is 0 Å². The smallest absolute Gasteiger partial charge is 0.172 e. The lowest BCUT2D eigenvalue weighted by Crippen LogP contribution is -2.16. The van der Waals surface area contributed by atoms with E-state index in [2.05, 4.69) is 15.9 Å². The van der Waals surface area contributed by atoms with Gasteiger partial charge in [0, 0.05) is 5.92 Å². The van der Waals surface area contributed by atoms with E-state index in [1.807, 2.05) is 6.92 Å². The predicted octanol–water partition coefficient (Wildman–Crippen LogP) is 3.07. The Labute approximate surface area is 121 Å². The zero-order valence-electron chi connectivity index (χ0n) is 11.2. The topological polar surface area (TPSA) is 44.8 Å². The maximum absolute atomic E-state index is 12.5. The molecule has 2 atom stereocenters. The molecule has 0 spiro atoms. The van der Waals surface area contributed by atoms with Crippen molar-refractivity contribution in [1.82, 2.24) is 0 Å². The lowest BCUT2D eigenvalue weighted by atomic mass is 9.94. The van der Waals surface area contributed by atoms with E-state index in [9.17, 15) is 4.79 Å². The number of halogens is 1. The van der Waals surface area contributed by atoms with Crippen molar-refractivity contribution in [3.63, 3.8) is 0 Å². The van der Waals surface area contributed by atoms with E-state index in [1.54, 1.807) is 26.4 Å². The van der Waals surface area contributed by atoms with Crippen molar-refractivity contribution >= 4 is 21.7 Å². The first-order valence-electron chi connectivity index (χ1n) is 6.14. The second-order valence-electron chi connectivity index (χ2n) is 4.60. The number of hydrogen-bond acceptors (Lipinski definition) is 4. The average Bonchev–Trinajstić information content (AvgIpc) is 2.84. The molecule has 5 heteroatoms. The van der Waals surface area contributed by atoms with Crippen LogP contribution in [0.5, 0.6) is 11.5 Å². The maximum Gasteiger partial charge on any atom is 0.172 e. The van der Waals surface area contributed by atoms with Crippen molar-refractivity contribution in [2.45, 2.75) is 19.4 Å². The van der Waals surface area contributed by atoms with Gasteiger partial charge in [-0.2, -0.15) is 0 Å². The number of methoxy groups -OCH3 is 2. The molecule has 1 saturated heterocycles. The van der Waals surface area contributed by atoms with Gasteiger partial charge < -0.3 is 14.2 Å². The Morgan fingerprint density at radius 3 is 2.63 bits per heavy atom. The van der Waals surface area contributed by atoms with Crippen LogP contribution in [-0.4, -0.2) is 32.7 Å². The number of benzene rings is 1. The van der Waals surface area contributed by atoms with Crippen LogP contribution in [0.15, 0.2) is 16.6 Å². The number of ketones is 1. The summed E-state index contributed by atoms with van der Waals surface area (Å²) in [6.45, 7) is 2.46. The van der Waals surface area contributed by atoms with Crippen molar-refractivity contribution < 1.29 is 19.0 Å². The molecule has 1 aromatic carbocycles. The van der Waals surface area contributed by atoms with Crippen molar-refractivity contribution in [2.24, 2.45) is 5.92 Å². The fraction of sp³-hybridized carbons (Fsp3) is 0.500. The van der Waals surface area contributed by atoms with E-state index in [4.69, 9.17) is 14.2 Å². The van der Waals surface area contributed by atoms with Gasteiger partial charge in [-0.3, -0.25) is 4.79 Å². The minimum atomic E-state index is -0.0933. The van der Waals surface area contributed by atoms with Crippen LogP contribution in [0.4, 0.5) is 0 Å². The molecule has 2 rings (SSSR count). The van der Waals surface area contributed by atoms with Gasteiger partial charge in [0.15, 0.2) is 5.78 Å². The molecule has 19 heavy (non-hydrogen) atoms. The first-order chi connectivity index (χ1) is 9.08. The highest BCUT2D eigenvalue weighted by molar-refractivity contribution is 9.10. The molecule has 1 aromatic rings. The molecule has 4 nitrogen and oxygen atoms in total. The van der Waals surface area contributed by atoms with Crippen LogP contribution in [-0.2, 0) is 4.74 Å². The normalized spacial score (nSPS) is 22.3. The zero-order valence-corrected chi connectivity index (χ0v) is 12.8. The minimum absolute atomic E-state index is 0.0598. The largest absolute Gasteiger partial charge is 0.495 e. The quantitative estimate of drug-likeness (QED) is 0.797. The van der Waals surface area contributed by atoms with Gasteiger partial charge in [-0.1, -0.05) is 0 Å². The Morgan fingerprint density at radius 1 is 1.37 bits per heavy atom. The molecule has 2 unspecified atom stereocenters. The van der Waals surface area contributed by atoms with E-state index in [1.165, 1.54) is 0 Å². The van der Waals surface area contributed by atoms with Crippen LogP contribution in [0, 0.1) is 5.92 Å². The van der Waals surface area contributed by atoms with E-state index in [0.29, 0.717) is 28.1 Å². The molecule has 1 aliphatic heterocycles. The van der Waals surface area contributed by atoms with Gasteiger partial charge in [0.05, 0.1) is 32.5 Å². The molecular weight excluding hydrogens is 312 g/mol. The molecule has 0 N–H and O–H groups in total. The first kappa shape index (κ1) is 14.3. The van der Waals surface area contributed by atoms with Crippen LogP contribution in [0.25, 0.3) is 0 Å². The molecule has 0 aliphatic carbocycles. The second kappa shape index (κ2) is 5.92. The fourth-order valence-electron chi connectivity index (χ4n) is 2.31. The summed E-state index contributed by atoms with van der Waals surface area (Å²) in [6, 6.07) is 3.51. The van der Waals surface area contributed by atoms with Crippen molar-refractivity contribution in [2.75, 3.05) is 20.8 Å². The van der Waals surface area contributed by atoms with Gasteiger partial charge in [-0.25, -0.2) is 0 Å². The average molecular weight is 329 g/mol. The monoisotopic (exact) mass is 328 g/mol. The lowest BCUT2D eigenvalue weighted by Gasteiger charge is -2.14. The maximum atomic E-state index is 12.5. The molecule has 1 aliphatic rings. The number of Topliss-reactive ketones (excluding diaryl/α,β-unsaturated/α-hetero) is 1.